The van der Waals surface area contributed by atoms with Gasteiger partial charge < -0.3 is 10.1 Å². The molecule has 28 heavy (non-hydrogen) atoms. The second kappa shape index (κ2) is 9.30. The zero-order valence-electron chi connectivity index (χ0n) is 16.1. The van der Waals surface area contributed by atoms with Crippen molar-refractivity contribution < 1.29 is 14.3 Å². The molecule has 5 nitrogen and oxygen atoms in total. The van der Waals surface area contributed by atoms with Crippen molar-refractivity contribution in [1.29, 1.82) is 0 Å². The molecule has 1 aliphatic carbocycles. The van der Waals surface area contributed by atoms with E-state index < -0.39 is 0 Å². The van der Waals surface area contributed by atoms with Gasteiger partial charge in [-0.2, -0.15) is 0 Å². The number of ether oxygens (including phenoxy) is 1. The van der Waals surface area contributed by atoms with Gasteiger partial charge in [0.15, 0.2) is 5.11 Å². The molecule has 1 heterocycles. The third-order valence-electron chi connectivity index (χ3n) is 4.74. The highest BCUT2D eigenvalue weighted by Gasteiger charge is 2.26. The van der Waals surface area contributed by atoms with E-state index in [0.717, 1.165) is 43.2 Å². The number of carbonyl (C=O) groups excluding carboxylic acids is 2. The molecule has 3 rings (SSSR count). The molecular weight excluding hydrogens is 392 g/mol. The van der Waals surface area contributed by atoms with Crippen LogP contribution in [0.4, 0.5) is 5.00 Å². The van der Waals surface area contributed by atoms with Crippen LogP contribution in [0.25, 0.3) is 0 Å². The maximum absolute atomic E-state index is 12.6. The summed E-state index contributed by atoms with van der Waals surface area (Å²) in [6.45, 7) is 3.99. The number of thiocarbonyl (C=S) groups is 1. The summed E-state index contributed by atoms with van der Waals surface area (Å²) in [4.78, 5) is 26.3. The molecule has 1 aromatic heterocycles. The van der Waals surface area contributed by atoms with E-state index in [9.17, 15) is 9.59 Å². The summed E-state index contributed by atoms with van der Waals surface area (Å²) in [5.41, 5.74) is 3.07. The first-order valence-corrected chi connectivity index (χ1v) is 10.7. The van der Waals surface area contributed by atoms with Crippen LogP contribution in [0.3, 0.4) is 0 Å². The largest absolute Gasteiger partial charge is 0.462 e. The molecule has 0 fully saturated rings. The number of nitrogens with one attached hydrogen (secondary N) is 2. The maximum Gasteiger partial charge on any atom is 0.341 e. The average molecular weight is 417 g/mol. The fraction of sp³-hybridized carbons (Fsp3) is 0.381. The highest BCUT2D eigenvalue weighted by atomic mass is 32.1. The van der Waals surface area contributed by atoms with Gasteiger partial charge in [-0.25, -0.2) is 4.79 Å². The quantitative estimate of drug-likeness (QED) is 0.432. The van der Waals surface area contributed by atoms with Gasteiger partial charge in [0, 0.05) is 10.4 Å². The number of amides is 1. The molecule has 0 bridgehead atoms. The minimum Gasteiger partial charge on any atom is -0.462 e. The van der Waals surface area contributed by atoms with Crippen LogP contribution in [-0.4, -0.2) is 23.6 Å². The Labute approximate surface area is 174 Å². The third-order valence-corrected chi connectivity index (χ3v) is 6.16. The number of rotatable bonds is 4. The molecular formula is C21H24N2O3S2. The highest BCUT2D eigenvalue weighted by molar-refractivity contribution is 7.80. The molecule has 2 aromatic rings. The van der Waals surface area contributed by atoms with Gasteiger partial charge in [-0.05, 0) is 68.9 Å². The van der Waals surface area contributed by atoms with Crippen LogP contribution in [0.1, 0.15) is 62.9 Å². The molecule has 1 amide bonds. The monoisotopic (exact) mass is 416 g/mol. The zero-order valence-corrected chi connectivity index (χ0v) is 17.7. The van der Waals surface area contributed by atoms with Crippen molar-refractivity contribution in [2.75, 3.05) is 11.9 Å². The van der Waals surface area contributed by atoms with Gasteiger partial charge in [-0.1, -0.05) is 24.6 Å². The second-order valence-electron chi connectivity index (χ2n) is 6.71. The van der Waals surface area contributed by atoms with Gasteiger partial charge in [0.1, 0.15) is 5.00 Å². The Morgan fingerprint density at radius 3 is 2.68 bits per heavy atom. The van der Waals surface area contributed by atoms with E-state index in [1.165, 1.54) is 16.2 Å². The fourth-order valence-electron chi connectivity index (χ4n) is 3.38. The van der Waals surface area contributed by atoms with Crippen molar-refractivity contribution in [2.24, 2.45) is 0 Å². The average Bonchev–Trinajstić information content (AvgIpc) is 2.82. The number of hydrogen-bond donors (Lipinski definition) is 2. The summed E-state index contributed by atoms with van der Waals surface area (Å²) in [6, 6.07) is 7.33. The lowest BCUT2D eigenvalue weighted by atomic mass is 10.1. The lowest BCUT2D eigenvalue weighted by molar-refractivity contribution is 0.0526. The number of carbonyl (C=O) groups is 2. The van der Waals surface area contributed by atoms with Gasteiger partial charge in [-0.15, -0.1) is 11.3 Å². The molecule has 148 valence electrons. The Hall–Kier alpha value is -2.25. The van der Waals surface area contributed by atoms with Crippen molar-refractivity contribution in [2.45, 2.75) is 46.0 Å². The van der Waals surface area contributed by atoms with E-state index in [4.69, 9.17) is 17.0 Å². The Morgan fingerprint density at radius 2 is 1.93 bits per heavy atom. The van der Waals surface area contributed by atoms with E-state index in [1.807, 2.05) is 25.1 Å². The molecule has 0 saturated carbocycles. The lowest BCUT2D eigenvalue weighted by Gasteiger charge is -2.12. The second-order valence-corrected chi connectivity index (χ2v) is 8.23. The van der Waals surface area contributed by atoms with Crippen molar-refractivity contribution in [3.8, 4) is 0 Å². The number of hydrogen-bond acceptors (Lipinski definition) is 5. The zero-order chi connectivity index (χ0) is 20.1. The summed E-state index contributed by atoms with van der Waals surface area (Å²) in [6.07, 6.45) is 5.16. The van der Waals surface area contributed by atoms with E-state index in [1.54, 1.807) is 13.0 Å². The van der Waals surface area contributed by atoms with Gasteiger partial charge in [0.2, 0.25) is 0 Å². The number of thiophene rings is 1. The van der Waals surface area contributed by atoms with Crippen LogP contribution in [0, 0.1) is 6.92 Å². The minimum absolute atomic E-state index is 0.176. The Morgan fingerprint density at radius 1 is 1.18 bits per heavy atom. The fourth-order valence-corrected chi connectivity index (χ4v) is 4.92. The lowest BCUT2D eigenvalue weighted by Crippen LogP contribution is -2.34. The summed E-state index contributed by atoms with van der Waals surface area (Å²) in [7, 11) is 0. The molecule has 7 heteroatoms. The van der Waals surface area contributed by atoms with Crippen LogP contribution < -0.4 is 10.6 Å². The normalized spacial score (nSPS) is 13.2. The van der Waals surface area contributed by atoms with Crippen molar-refractivity contribution in [1.82, 2.24) is 5.32 Å². The van der Waals surface area contributed by atoms with Crippen LogP contribution in [0.5, 0.6) is 0 Å². The molecule has 1 aromatic carbocycles. The van der Waals surface area contributed by atoms with Crippen LogP contribution in [0.15, 0.2) is 24.3 Å². The van der Waals surface area contributed by atoms with E-state index >= 15 is 0 Å². The molecule has 0 unspecified atom stereocenters. The van der Waals surface area contributed by atoms with Crippen molar-refractivity contribution in [3.05, 3.63) is 51.4 Å². The van der Waals surface area contributed by atoms with Crippen molar-refractivity contribution >= 4 is 45.5 Å². The predicted octanol–water partition coefficient (Wildman–Crippen LogP) is 4.63. The third kappa shape index (κ3) is 4.59. The molecule has 0 spiro atoms. The standard InChI is InChI=1S/C21H24N2O3S2/c1-3-26-20(25)17-15-11-5-4-6-12-16(15)28-19(17)23-21(27)22-18(24)14-10-8-7-9-13(14)2/h7-10H,3-6,11-12H2,1-2H3,(H2,22,23,24,27). The Balaban J connectivity index is 1.81. The van der Waals surface area contributed by atoms with E-state index in [-0.39, 0.29) is 17.0 Å². The van der Waals surface area contributed by atoms with Crippen LogP contribution in [0.2, 0.25) is 0 Å². The summed E-state index contributed by atoms with van der Waals surface area (Å²) >= 11 is 6.88. The van der Waals surface area contributed by atoms with E-state index in [0.29, 0.717) is 22.7 Å². The number of aryl methyl sites for hydroxylation is 2. The van der Waals surface area contributed by atoms with Gasteiger partial charge in [0.05, 0.1) is 12.2 Å². The van der Waals surface area contributed by atoms with Gasteiger partial charge in [0.25, 0.3) is 5.91 Å². The van der Waals surface area contributed by atoms with Gasteiger partial charge in [-0.3, -0.25) is 10.1 Å². The number of esters is 1. The van der Waals surface area contributed by atoms with E-state index in [2.05, 4.69) is 10.6 Å². The Bertz CT molecular complexity index is 905. The van der Waals surface area contributed by atoms with Gasteiger partial charge >= 0.3 is 5.97 Å². The first-order chi connectivity index (χ1) is 13.5. The summed E-state index contributed by atoms with van der Waals surface area (Å²) < 4.78 is 5.28. The number of anilines is 1. The first kappa shape index (κ1) is 20.5. The Kier molecular flexibility index (Phi) is 6.80. The van der Waals surface area contributed by atoms with Crippen molar-refractivity contribution in [3.63, 3.8) is 0 Å². The molecule has 0 radical (unpaired) electrons. The van der Waals surface area contributed by atoms with Crippen LogP contribution in [-0.2, 0) is 17.6 Å². The smallest absolute Gasteiger partial charge is 0.341 e. The predicted molar refractivity (Wildman–Crippen MR) is 116 cm³/mol. The minimum atomic E-state index is -0.336. The summed E-state index contributed by atoms with van der Waals surface area (Å²) in [5, 5.41) is 6.61. The van der Waals surface area contributed by atoms with Crippen LogP contribution >= 0.6 is 23.6 Å². The number of benzene rings is 1. The number of fused-ring (bicyclic) bond motifs is 1. The maximum atomic E-state index is 12.6. The topological polar surface area (TPSA) is 67.4 Å². The molecule has 0 saturated heterocycles. The summed E-state index contributed by atoms with van der Waals surface area (Å²) in [5.74, 6) is -0.608. The molecule has 0 aliphatic heterocycles. The SMILES string of the molecule is CCOC(=O)c1c(NC(=S)NC(=O)c2ccccc2C)sc2c1CCCCC2. The molecule has 0 atom stereocenters. The molecule has 2 N–H and O–H groups in total. The highest BCUT2D eigenvalue weighted by Crippen LogP contribution is 2.38. The first-order valence-electron chi connectivity index (χ1n) is 9.50. The molecule has 1 aliphatic rings.